The molecule has 0 radical (unpaired) electrons. The van der Waals surface area contributed by atoms with Gasteiger partial charge in [-0.05, 0) is 53.3 Å². The number of aryl methyl sites for hydroxylation is 2. The van der Waals surface area contributed by atoms with Crippen LogP contribution in [0.3, 0.4) is 0 Å². The zero-order valence-electron chi connectivity index (χ0n) is 11.2. The Morgan fingerprint density at radius 3 is 2.25 bits per heavy atom. The molecule has 1 aliphatic carbocycles. The van der Waals surface area contributed by atoms with Gasteiger partial charge in [-0.15, -0.1) is 0 Å². The van der Waals surface area contributed by atoms with Crippen LogP contribution in [0.15, 0.2) is 66.9 Å². The smallest absolute Gasteiger partial charge is 0.0702 e. The van der Waals surface area contributed by atoms with E-state index >= 15 is 0 Å². The molecule has 1 nitrogen and oxygen atoms in total. The Morgan fingerprint density at radius 2 is 1.50 bits per heavy atom. The van der Waals surface area contributed by atoms with Gasteiger partial charge in [0.15, 0.2) is 0 Å². The summed E-state index contributed by atoms with van der Waals surface area (Å²) in [6, 6.07) is 21.5. The van der Waals surface area contributed by atoms with Gasteiger partial charge in [-0.2, -0.15) is 0 Å². The third-order valence-electron chi connectivity index (χ3n) is 4.03. The predicted octanol–water partition coefficient (Wildman–Crippen LogP) is 4.51. The Bertz CT molecular complexity index is 760. The number of benzene rings is 2. The quantitative estimate of drug-likeness (QED) is 0.658. The lowest BCUT2D eigenvalue weighted by atomic mass is 9.86. The molecular formula is C19H15N. The summed E-state index contributed by atoms with van der Waals surface area (Å²) in [6.45, 7) is 0. The van der Waals surface area contributed by atoms with E-state index < -0.39 is 0 Å². The molecule has 0 fully saturated rings. The summed E-state index contributed by atoms with van der Waals surface area (Å²) < 4.78 is 0. The Hall–Kier alpha value is -2.41. The lowest BCUT2D eigenvalue weighted by molar-refractivity contribution is 0.840. The number of fused-ring (bicyclic) bond motifs is 1. The minimum absolute atomic E-state index is 1.03. The number of hydrogen-bond donors (Lipinski definition) is 0. The summed E-state index contributed by atoms with van der Waals surface area (Å²) in [5.74, 6) is 0. The van der Waals surface area contributed by atoms with Gasteiger partial charge in [0.25, 0.3) is 0 Å². The van der Waals surface area contributed by atoms with E-state index in [1.165, 1.54) is 40.7 Å². The van der Waals surface area contributed by atoms with Crippen molar-refractivity contribution in [1.82, 2.24) is 4.98 Å². The summed E-state index contributed by atoms with van der Waals surface area (Å²) in [7, 11) is 0. The molecule has 20 heavy (non-hydrogen) atoms. The molecule has 0 amide bonds. The van der Waals surface area contributed by atoms with E-state index in [2.05, 4.69) is 53.5 Å². The summed E-state index contributed by atoms with van der Waals surface area (Å²) in [6.07, 6.45) is 4.31. The third kappa shape index (κ3) is 1.92. The minimum atomic E-state index is 1.03. The molecule has 0 bridgehead atoms. The second-order valence-electron chi connectivity index (χ2n) is 5.28. The maximum Gasteiger partial charge on any atom is 0.0702 e. The van der Waals surface area contributed by atoms with Gasteiger partial charge >= 0.3 is 0 Å². The van der Waals surface area contributed by atoms with Crippen molar-refractivity contribution in [3.8, 4) is 22.4 Å². The van der Waals surface area contributed by atoms with Crippen molar-refractivity contribution in [2.45, 2.75) is 12.8 Å². The maximum atomic E-state index is 4.43. The molecule has 0 spiro atoms. The highest BCUT2D eigenvalue weighted by molar-refractivity contribution is 5.72. The zero-order chi connectivity index (χ0) is 13.4. The van der Waals surface area contributed by atoms with Crippen LogP contribution < -0.4 is 0 Å². The first kappa shape index (κ1) is 11.4. The van der Waals surface area contributed by atoms with Crippen LogP contribution in [0.25, 0.3) is 22.4 Å². The van der Waals surface area contributed by atoms with Gasteiger partial charge in [0.05, 0.1) is 5.69 Å². The number of aromatic nitrogens is 1. The van der Waals surface area contributed by atoms with Gasteiger partial charge in [0.2, 0.25) is 0 Å². The summed E-state index contributed by atoms with van der Waals surface area (Å²) in [5, 5.41) is 0. The van der Waals surface area contributed by atoms with Crippen molar-refractivity contribution >= 4 is 0 Å². The SMILES string of the molecule is c1ccc(-c2cccc(-c3ccc4c(c3)CC4)c2)nc1. The zero-order valence-corrected chi connectivity index (χ0v) is 11.2. The van der Waals surface area contributed by atoms with Crippen molar-refractivity contribution in [3.63, 3.8) is 0 Å². The second-order valence-corrected chi connectivity index (χ2v) is 5.28. The molecule has 0 unspecified atom stereocenters. The fraction of sp³-hybridized carbons (Fsp3) is 0.105. The van der Waals surface area contributed by atoms with Gasteiger partial charge in [0, 0.05) is 11.8 Å². The maximum absolute atomic E-state index is 4.43. The van der Waals surface area contributed by atoms with E-state index in [-0.39, 0.29) is 0 Å². The first-order valence-corrected chi connectivity index (χ1v) is 7.04. The molecule has 1 aromatic heterocycles. The van der Waals surface area contributed by atoms with Crippen LogP contribution in [0, 0.1) is 0 Å². The highest BCUT2D eigenvalue weighted by Gasteiger charge is 2.13. The number of hydrogen-bond acceptors (Lipinski definition) is 1. The van der Waals surface area contributed by atoms with Crippen LogP contribution in [0.1, 0.15) is 11.1 Å². The topological polar surface area (TPSA) is 12.9 Å². The predicted molar refractivity (Wildman–Crippen MR) is 82.5 cm³/mol. The fourth-order valence-corrected chi connectivity index (χ4v) is 2.77. The van der Waals surface area contributed by atoms with Gasteiger partial charge in [0.1, 0.15) is 0 Å². The van der Waals surface area contributed by atoms with Crippen molar-refractivity contribution in [1.29, 1.82) is 0 Å². The van der Waals surface area contributed by atoms with Gasteiger partial charge in [-0.25, -0.2) is 0 Å². The van der Waals surface area contributed by atoms with Crippen molar-refractivity contribution in [2.75, 3.05) is 0 Å². The lowest BCUT2D eigenvalue weighted by Crippen LogP contribution is -2.07. The molecule has 1 aliphatic rings. The lowest BCUT2D eigenvalue weighted by Gasteiger charge is -2.19. The minimum Gasteiger partial charge on any atom is -0.256 e. The standard InChI is InChI=1S/C19H15N/c1-2-11-20-19(6-1)18-5-3-4-15(13-18)17-10-8-14-7-9-16(14)12-17/h1-6,8,10-13H,7,9H2. The Morgan fingerprint density at radius 1 is 0.650 bits per heavy atom. The Kier molecular flexibility index (Phi) is 2.63. The van der Waals surface area contributed by atoms with Gasteiger partial charge < -0.3 is 0 Å². The average molecular weight is 257 g/mol. The number of nitrogens with zero attached hydrogens (tertiary/aromatic N) is 1. The van der Waals surface area contributed by atoms with E-state index in [1.54, 1.807) is 0 Å². The molecule has 3 aromatic rings. The molecular weight excluding hydrogens is 242 g/mol. The highest BCUT2D eigenvalue weighted by atomic mass is 14.7. The first-order valence-electron chi connectivity index (χ1n) is 7.04. The largest absolute Gasteiger partial charge is 0.256 e. The molecule has 0 aliphatic heterocycles. The fourth-order valence-electron chi connectivity index (χ4n) is 2.77. The highest BCUT2D eigenvalue weighted by Crippen LogP contribution is 2.30. The molecule has 1 heterocycles. The molecule has 96 valence electrons. The van der Waals surface area contributed by atoms with E-state index in [0.29, 0.717) is 0 Å². The molecule has 0 saturated heterocycles. The van der Waals surface area contributed by atoms with Gasteiger partial charge in [-0.1, -0.05) is 42.5 Å². The van der Waals surface area contributed by atoms with Crippen LogP contribution in [-0.2, 0) is 12.8 Å². The van der Waals surface area contributed by atoms with E-state index in [9.17, 15) is 0 Å². The second kappa shape index (κ2) is 4.61. The first-order chi connectivity index (χ1) is 9.90. The van der Waals surface area contributed by atoms with Crippen molar-refractivity contribution < 1.29 is 0 Å². The van der Waals surface area contributed by atoms with E-state index in [4.69, 9.17) is 0 Å². The average Bonchev–Trinajstić information content (AvgIpc) is 2.50. The van der Waals surface area contributed by atoms with Crippen LogP contribution >= 0.6 is 0 Å². The number of pyridine rings is 1. The molecule has 0 saturated carbocycles. The normalized spacial score (nSPS) is 12.6. The van der Waals surface area contributed by atoms with E-state index in [0.717, 1.165) is 5.69 Å². The summed E-state index contributed by atoms with van der Waals surface area (Å²) >= 11 is 0. The van der Waals surface area contributed by atoms with E-state index in [1.807, 2.05) is 18.3 Å². The number of rotatable bonds is 2. The Labute approximate surface area is 118 Å². The third-order valence-corrected chi connectivity index (χ3v) is 4.03. The van der Waals surface area contributed by atoms with Crippen LogP contribution in [0.5, 0.6) is 0 Å². The molecule has 0 atom stereocenters. The van der Waals surface area contributed by atoms with Crippen molar-refractivity contribution in [3.05, 3.63) is 78.0 Å². The molecule has 0 N–H and O–H groups in total. The van der Waals surface area contributed by atoms with Crippen molar-refractivity contribution in [2.24, 2.45) is 0 Å². The molecule has 1 heteroatoms. The monoisotopic (exact) mass is 257 g/mol. The molecule has 2 aromatic carbocycles. The van der Waals surface area contributed by atoms with Gasteiger partial charge in [-0.3, -0.25) is 4.98 Å². The summed E-state index contributed by atoms with van der Waals surface area (Å²) in [5.41, 5.74) is 7.79. The van der Waals surface area contributed by atoms with Crippen LogP contribution in [-0.4, -0.2) is 4.98 Å². The van der Waals surface area contributed by atoms with Crippen LogP contribution in [0.4, 0.5) is 0 Å². The summed E-state index contributed by atoms with van der Waals surface area (Å²) in [4.78, 5) is 4.43. The van der Waals surface area contributed by atoms with Crippen LogP contribution in [0.2, 0.25) is 0 Å². The molecule has 4 rings (SSSR count). The Balaban J connectivity index is 1.77.